The summed E-state index contributed by atoms with van der Waals surface area (Å²) in [5, 5.41) is -0.214. The molecular formula is C21H27F2N5O3S. The third kappa shape index (κ3) is 4.57. The number of alkyl halides is 2. The Morgan fingerprint density at radius 1 is 1.22 bits per heavy atom. The number of H-pyrrole nitrogens is 1. The predicted molar refractivity (Wildman–Crippen MR) is 117 cm³/mol. The first-order valence-electron chi connectivity index (χ1n) is 10.5. The summed E-state index contributed by atoms with van der Waals surface area (Å²) in [6.07, 6.45) is 2.63. The summed E-state index contributed by atoms with van der Waals surface area (Å²) in [6, 6.07) is 4.60. The zero-order valence-corrected chi connectivity index (χ0v) is 19.0. The van der Waals surface area contributed by atoms with Crippen LogP contribution in [-0.2, 0) is 10.0 Å². The molecule has 2 fully saturated rings. The Balaban J connectivity index is 1.46. The number of pyridine rings is 1. The van der Waals surface area contributed by atoms with E-state index < -0.39 is 34.9 Å². The summed E-state index contributed by atoms with van der Waals surface area (Å²) in [5.74, 6) is -1.59. The Kier molecular flexibility index (Phi) is 5.64. The number of carbonyl (C=O) groups excluding carboxylic acids is 1. The van der Waals surface area contributed by atoms with Gasteiger partial charge in [-0.05, 0) is 43.4 Å². The normalized spacial score (nSPS) is 23.0. The fourth-order valence-electron chi connectivity index (χ4n) is 4.41. The van der Waals surface area contributed by atoms with E-state index in [0.29, 0.717) is 17.5 Å². The molecule has 0 unspecified atom stereocenters. The minimum absolute atomic E-state index is 0.0580. The lowest BCUT2D eigenvalue weighted by atomic mass is 9.92. The van der Waals surface area contributed by atoms with Gasteiger partial charge < -0.3 is 14.8 Å². The van der Waals surface area contributed by atoms with E-state index in [1.807, 2.05) is 0 Å². The first-order valence-corrected chi connectivity index (χ1v) is 12.0. The maximum Gasteiger partial charge on any atom is 0.282 e. The summed E-state index contributed by atoms with van der Waals surface area (Å²) >= 11 is 0. The SMILES string of the molecule is Cc1[nH]c(S(=O)(=O)Nc2ccc(N3C[C@H](C)C[C@@H](C)C3)nc2)cc1C(=O)N1CC(F)(F)C1. The molecule has 32 heavy (non-hydrogen) atoms. The Morgan fingerprint density at radius 3 is 2.44 bits per heavy atom. The maximum absolute atomic E-state index is 13.1. The lowest BCUT2D eigenvalue weighted by Crippen LogP contribution is -2.58. The number of rotatable bonds is 5. The Hall–Kier alpha value is -2.69. The molecule has 0 aliphatic carbocycles. The highest BCUT2D eigenvalue weighted by molar-refractivity contribution is 7.92. The van der Waals surface area contributed by atoms with Crippen LogP contribution in [0.15, 0.2) is 29.4 Å². The number of aromatic amines is 1. The smallest absolute Gasteiger partial charge is 0.282 e. The van der Waals surface area contributed by atoms with E-state index in [2.05, 4.69) is 33.4 Å². The zero-order valence-electron chi connectivity index (χ0n) is 18.2. The molecule has 4 heterocycles. The van der Waals surface area contributed by atoms with Crippen molar-refractivity contribution >= 4 is 27.4 Å². The molecule has 174 valence electrons. The van der Waals surface area contributed by atoms with Crippen LogP contribution in [0.2, 0.25) is 0 Å². The molecule has 2 aliphatic heterocycles. The van der Waals surface area contributed by atoms with Crippen LogP contribution in [0.1, 0.15) is 36.3 Å². The highest BCUT2D eigenvalue weighted by Gasteiger charge is 2.46. The molecule has 2 aromatic heterocycles. The van der Waals surface area contributed by atoms with E-state index in [-0.39, 0.29) is 16.3 Å². The zero-order chi connectivity index (χ0) is 23.3. The van der Waals surface area contributed by atoms with Crippen LogP contribution in [0.4, 0.5) is 20.3 Å². The van der Waals surface area contributed by atoms with Gasteiger partial charge in [-0.25, -0.2) is 13.8 Å². The monoisotopic (exact) mass is 467 g/mol. The molecular weight excluding hydrogens is 440 g/mol. The van der Waals surface area contributed by atoms with Gasteiger partial charge in [-0.1, -0.05) is 13.8 Å². The first kappa shape index (κ1) is 22.5. The number of hydrogen-bond donors (Lipinski definition) is 2. The number of nitrogens with zero attached hydrogens (tertiary/aromatic N) is 3. The fourth-order valence-corrected chi connectivity index (χ4v) is 5.52. The number of halogens is 2. The lowest BCUT2D eigenvalue weighted by molar-refractivity contribution is -0.113. The molecule has 4 rings (SSSR count). The second-order valence-corrected chi connectivity index (χ2v) is 10.7. The van der Waals surface area contributed by atoms with Crippen molar-refractivity contribution in [2.45, 2.75) is 38.1 Å². The van der Waals surface area contributed by atoms with Gasteiger partial charge in [-0.2, -0.15) is 8.42 Å². The van der Waals surface area contributed by atoms with Crippen LogP contribution in [0.3, 0.4) is 0 Å². The average Bonchev–Trinajstić information content (AvgIpc) is 3.08. The molecule has 0 aromatic carbocycles. The minimum atomic E-state index is -4.02. The predicted octanol–water partition coefficient (Wildman–Crippen LogP) is 3.09. The third-order valence-corrected chi connectivity index (χ3v) is 7.14. The molecule has 1 amide bonds. The van der Waals surface area contributed by atoms with Gasteiger partial charge in [0.25, 0.3) is 21.9 Å². The standard InChI is InChI=1S/C21H27F2N5O3S/c1-13-6-14(2)10-27(9-13)18-5-4-16(8-24-18)26-32(30,31)19-7-17(15(3)25-19)20(29)28-11-21(22,23)12-28/h4-5,7-8,13-14,25-26H,6,9-12H2,1-3H3/t13-,14-/m1/s1. The molecule has 2 aromatic rings. The summed E-state index contributed by atoms with van der Waals surface area (Å²) < 4.78 is 54.2. The van der Waals surface area contributed by atoms with Gasteiger partial charge in [0.15, 0.2) is 5.03 Å². The highest BCUT2D eigenvalue weighted by Crippen LogP contribution is 2.30. The number of amides is 1. The van der Waals surface area contributed by atoms with Gasteiger partial charge >= 0.3 is 0 Å². The molecule has 2 aliphatic rings. The second kappa shape index (κ2) is 8.02. The molecule has 8 nitrogen and oxygen atoms in total. The van der Waals surface area contributed by atoms with Crippen molar-refractivity contribution < 1.29 is 22.0 Å². The molecule has 0 spiro atoms. The van der Waals surface area contributed by atoms with Gasteiger partial charge in [0.05, 0.1) is 30.5 Å². The number of aromatic nitrogens is 2. The Morgan fingerprint density at radius 2 is 1.88 bits per heavy atom. The molecule has 11 heteroatoms. The average molecular weight is 468 g/mol. The van der Waals surface area contributed by atoms with Crippen molar-refractivity contribution in [2.24, 2.45) is 11.8 Å². The van der Waals surface area contributed by atoms with Crippen LogP contribution >= 0.6 is 0 Å². The number of piperidine rings is 1. The first-order chi connectivity index (χ1) is 14.9. The number of nitrogens with one attached hydrogen (secondary N) is 2. The van der Waals surface area contributed by atoms with Crippen molar-refractivity contribution in [3.8, 4) is 0 Å². The summed E-state index contributed by atoms with van der Waals surface area (Å²) in [5.41, 5.74) is 0.643. The number of anilines is 2. The quantitative estimate of drug-likeness (QED) is 0.704. The molecule has 0 bridgehead atoms. The second-order valence-electron chi connectivity index (χ2n) is 9.05. The van der Waals surface area contributed by atoms with Crippen molar-refractivity contribution in [1.82, 2.24) is 14.9 Å². The van der Waals surface area contributed by atoms with Gasteiger partial charge in [-0.3, -0.25) is 9.52 Å². The maximum atomic E-state index is 13.1. The molecule has 2 saturated heterocycles. The van der Waals surface area contributed by atoms with E-state index in [4.69, 9.17) is 0 Å². The Labute approximate surface area is 186 Å². The Bertz CT molecular complexity index is 1100. The topological polar surface area (TPSA) is 98.4 Å². The number of likely N-dealkylation sites (tertiary alicyclic amines) is 1. The number of aryl methyl sites for hydroxylation is 1. The lowest BCUT2D eigenvalue weighted by Gasteiger charge is -2.38. The molecule has 2 atom stereocenters. The van der Waals surface area contributed by atoms with Crippen LogP contribution < -0.4 is 9.62 Å². The number of carbonyl (C=O) groups is 1. The van der Waals surface area contributed by atoms with E-state index in [1.54, 1.807) is 12.1 Å². The van der Waals surface area contributed by atoms with Crippen LogP contribution in [0.5, 0.6) is 0 Å². The minimum Gasteiger partial charge on any atom is -0.356 e. The van der Waals surface area contributed by atoms with Gasteiger partial charge in [-0.15, -0.1) is 0 Å². The van der Waals surface area contributed by atoms with E-state index >= 15 is 0 Å². The molecule has 2 N–H and O–H groups in total. The van der Waals surface area contributed by atoms with Gasteiger partial charge in [0, 0.05) is 18.8 Å². The summed E-state index contributed by atoms with van der Waals surface area (Å²) in [6.45, 7) is 6.42. The van der Waals surface area contributed by atoms with Gasteiger partial charge in [0.2, 0.25) is 0 Å². The number of sulfonamides is 1. The number of hydrogen-bond acceptors (Lipinski definition) is 5. The molecule has 0 radical (unpaired) electrons. The van der Waals surface area contributed by atoms with Crippen molar-refractivity contribution in [2.75, 3.05) is 35.8 Å². The van der Waals surface area contributed by atoms with Crippen LogP contribution in [-0.4, -0.2) is 61.3 Å². The van der Waals surface area contributed by atoms with E-state index in [0.717, 1.165) is 23.8 Å². The molecule has 0 saturated carbocycles. The van der Waals surface area contributed by atoms with Crippen molar-refractivity contribution in [3.05, 3.63) is 35.7 Å². The largest absolute Gasteiger partial charge is 0.356 e. The third-order valence-electron chi connectivity index (χ3n) is 5.83. The van der Waals surface area contributed by atoms with Crippen LogP contribution in [0, 0.1) is 18.8 Å². The van der Waals surface area contributed by atoms with E-state index in [1.165, 1.54) is 25.6 Å². The summed E-state index contributed by atoms with van der Waals surface area (Å²) in [7, 11) is -4.02. The fraction of sp³-hybridized carbons (Fsp3) is 0.524. The van der Waals surface area contributed by atoms with Gasteiger partial charge in [0.1, 0.15) is 5.82 Å². The van der Waals surface area contributed by atoms with Crippen molar-refractivity contribution in [1.29, 1.82) is 0 Å². The highest BCUT2D eigenvalue weighted by atomic mass is 32.2. The van der Waals surface area contributed by atoms with E-state index in [9.17, 15) is 22.0 Å². The van der Waals surface area contributed by atoms with Crippen molar-refractivity contribution in [3.63, 3.8) is 0 Å². The summed E-state index contributed by atoms with van der Waals surface area (Å²) in [4.78, 5) is 22.7. The van der Waals surface area contributed by atoms with Crippen LogP contribution in [0.25, 0.3) is 0 Å².